The number of aromatic nitrogens is 3. The van der Waals surface area contributed by atoms with Crippen LogP contribution >= 0.6 is 23.1 Å². The Morgan fingerprint density at radius 1 is 1.35 bits per heavy atom. The minimum Gasteiger partial charge on any atom is -0.383 e. The molecular weight excluding hydrogens is 518 g/mol. The molecule has 2 fully saturated rings. The van der Waals surface area contributed by atoms with Crippen molar-refractivity contribution in [3.05, 3.63) is 50.5 Å². The van der Waals surface area contributed by atoms with Crippen molar-refractivity contribution in [2.75, 3.05) is 43.2 Å². The zero-order valence-electron chi connectivity index (χ0n) is 20.2. The molecule has 12 heteroatoms. The lowest BCUT2D eigenvalue weighted by atomic mass is 10.1. The fourth-order valence-corrected chi connectivity index (χ4v) is 7.59. The smallest absolute Gasteiger partial charge is 0.350 e. The highest BCUT2D eigenvalue weighted by atomic mass is 32.2. The van der Waals surface area contributed by atoms with Crippen LogP contribution in [0.5, 0.6) is 0 Å². The largest absolute Gasteiger partial charge is 0.383 e. The number of nitrogens with one attached hydrogen (secondary N) is 1. The highest BCUT2D eigenvalue weighted by Gasteiger charge is 2.35. The van der Waals surface area contributed by atoms with E-state index in [1.807, 2.05) is 0 Å². The van der Waals surface area contributed by atoms with Gasteiger partial charge in [-0.2, -0.15) is 4.98 Å². The molecular formula is C25H26F2N6O2S2. The maximum Gasteiger partial charge on any atom is 0.350 e. The fourth-order valence-electron chi connectivity index (χ4n) is 5.59. The van der Waals surface area contributed by atoms with Gasteiger partial charge in [-0.05, 0) is 31.1 Å². The van der Waals surface area contributed by atoms with Crippen LogP contribution in [0.1, 0.15) is 24.4 Å². The van der Waals surface area contributed by atoms with Crippen LogP contribution < -0.4 is 31.5 Å². The first kappa shape index (κ1) is 24.5. The van der Waals surface area contributed by atoms with E-state index < -0.39 is 11.6 Å². The number of piperazine rings is 1. The third kappa shape index (κ3) is 4.15. The molecule has 2 saturated heterocycles. The number of benzene rings is 1. The maximum atomic E-state index is 15.9. The topological polar surface area (TPSA) is 98.3 Å². The van der Waals surface area contributed by atoms with Crippen LogP contribution in [0.2, 0.25) is 0 Å². The molecule has 2 bridgehead atoms. The molecule has 3 N–H and O–H groups in total. The summed E-state index contributed by atoms with van der Waals surface area (Å²) in [6.45, 7) is 5.22. The molecule has 0 saturated carbocycles. The van der Waals surface area contributed by atoms with Crippen LogP contribution in [-0.2, 0) is 4.74 Å². The first-order valence-corrected chi connectivity index (χ1v) is 13.9. The molecule has 0 amide bonds. The number of thiazole rings is 1. The van der Waals surface area contributed by atoms with Gasteiger partial charge in [0.25, 0.3) is 0 Å². The number of rotatable bonds is 5. The lowest BCUT2D eigenvalue weighted by Crippen LogP contribution is -2.52. The second-order valence-electron chi connectivity index (χ2n) is 9.51. The quantitative estimate of drug-likeness (QED) is 0.503. The number of methoxy groups -OCH3 is 1. The molecule has 8 nitrogen and oxygen atoms in total. The van der Waals surface area contributed by atoms with Crippen LogP contribution in [0.15, 0.2) is 28.4 Å². The van der Waals surface area contributed by atoms with Gasteiger partial charge in [-0.1, -0.05) is 17.9 Å². The molecule has 3 aliphatic heterocycles. The summed E-state index contributed by atoms with van der Waals surface area (Å²) in [5.74, 6) is -0.0782. The molecule has 5 heterocycles. The molecule has 3 unspecified atom stereocenters. The molecule has 194 valence electrons. The minimum absolute atomic E-state index is 0.164. The number of hydrogen-bond acceptors (Lipinski definition) is 9. The lowest BCUT2D eigenvalue weighted by molar-refractivity contribution is 0.163. The monoisotopic (exact) mass is 544 g/mol. The van der Waals surface area contributed by atoms with Crippen LogP contribution in [0, 0.1) is 5.82 Å². The van der Waals surface area contributed by atoms with Crippen LogP contribution in [0.4, 0.5) is 19.7 Å². The first-order chi connectivity index (χ1) is 17.9. The Morgan fingerprint density at radius 2 is 2.11 bits per heavy atom. The summed E-state index contributed by atoms with van der Waals surface area (Å²) in [5, 5.41) is 4.55. The number of anilines is 2. The summed E-state index contributed by atoms with van der Waals surface area (Å²) >= 11 is 2.42. The van der Waals surface area contributed by atoms with Crippen molar-refractivity contribution in [2.24, 2.45) is 0 Å². The van der Waals surface area contributed by atoms with Crippen molar-refractivity contribution < 1.29 is 13.5 Å². The van der Waals surface area contributed by atoms with Crippen molar-refractivity contribution in [1.82, 2.24) is 19.9 Å². The minimum atomic E-state index is -0.583. The number of nitrogen functional groups attached to an aromatic ring is 1. The summed E-state index contributed by atoms with van der Waals surface area (Å²) in [5.41, 5.74) is 6.32. The SMILES string of the molecule is C=C/C(F)=c1/sc(N)n/c1=C\c1c(F)cc2c(N3CC4CCC(C3)N4)nc(=O)n3c2c1SCC3COC. The predicted octanol–water partition coefficient (Wildman–Crippen LogP) is 1.90. The van der Waals surface area contributed by atoms with Gasteiger partial charge in [-0.3, -0.25) is 4.57 Å². The summed E-state index contributed by atoms with van der Waals surface area (Å²) in [7, 11) is 1.59. The van der Waals surface area contributed by atoms with Gasteiger partial charge in [0.15, 0.2) is 5.13 Å². The first-order valence-electron chi connectivity index (χ1n) is 12.1. The molecule has 3 aromatic rings. The fraction of sp³-hybridized carbons (Fsp3) is 0.400. The molecule has 0 aliphatic carbocycles. The number of hydrogen-bond donors (Lipinski definition) is 2. The Kier molecular flexibility index (Phi) is 6.30. The van der Waals surface area contributed by atoms with E-state index in [1.54, 1.807) is 11.7 Å². The average Bonchev–Trinajstić information content (AvgIpc) is 3.43. The second kappa shape index (κ2) is 9.50. The number of ether oxygens (including phenoxy) is 1. The number of fused-ring (bicyclic) bond motifs is 2. The predicted molar refractivity (Wildman–Crippen MR) is 144 cm³/mol. The molecule has 2 aromatic heterocycles. The highest BCUT2D eigenvalue weighted by Crippen LogP contribution is 2.42. The van der Waals surface area contributed by atoms with E-state index in [9.17, 15) is 9.18 Å². The van der Waals surface area contributed by atoms with Crippen molar-refractivity contribution in [2.45, 2.75) is 35.9 Å². The molecule has 0 spiro atoms. The van der Waals surface area contributed by atoms with E-state index in [2.05, 4.69) is 26.8 Å². The van der Waals surface area contributed by atoms with Gasteiger partial charge < -0.3 is 20.7 Å². The van der Waals surface area contributed by atoms with Crippen LogP contribution in [0.25, 0.3) is 22.8 Å². The van der Waals surface area contributed by atoms with E-state index in [0.29, 0.717) is 59.1 Å². The molecule has 3 atom stereocenters. The molecule has 3 aliphatic rings. The number of nitrogens with two attached hydrogens (primary N) is 1. The van der Waals surface area contributed by atoms with Crippen LogP contribution in [0.3, 0.4) is 0 Å². The van der Waals surface area contributed by atoms with Gasteiger partial charge in [0.05, 0.1) is 28.0 Å². The maximum absolute atomic E-state index is 15.9. The van der Waals surface area contributed by atoms with E-state index in [4.69, 9.17) is 10.5 Å². The summed E-state index contributed by atoms with van der Waals surface area (Å²) < 4.78 is 37.6. The van der Waals surface area contributed by atoms with E-state index in [-0.39, 0.29) is 32.3 Å². The molecule has 0 radical (unpaired) electrons. The van der Waals surface area contributed by atoms with Gasteiger partial charge in [-0.25, -0.2) is 18.6 Å². The Morgan fingerprint density at radius 3 is 2.81 bits per heavy atom. The number of nitrogens with zero attached hydrogens (tertiary/aromatic N) is 4. The number of allylic oxidation sites excluding steroid dienone is 1. The highest BCUT2D eigenvalue weighted by molar-refractivity contribution is 7.99. The number of thioether (sulfide) groups is 1. The van der Waals surface area contributed by atoms with Crippen molar-refractivity contribution in [3.8, 4) is 0 Å². The van der Waals surface area contributed by atoms with Gasteiger partial charge in [0.1, 0.15) is 17.5 Å². The standard InChI is InChI=1S/C25H26F2N6O2S2/c1-3-17(26)22-19(30-24(28)37-22)7-15-18(27)6-16-20-21(15)36-11-14(10-35-2)33(20)25(34)31-23(16)32-8-12-4-5-13(9-32)29-12/h3,6-7,12-14,29H,1,4-5,8-11H2,2H3,(H2,28,30)/b19-7-,22-17-. The van der Waals surface area contributed by atoms with E-state index >= 15 is 4.39 Å². The zero-order valence-corrected chi connectivity index (χ0v) is 21.8. The van der Waals surface area contributed by atoms with Crippen molar-refractivity contribution in [3.63, 3.8) is 0 Å². The third-order valence-electron chi connectivity index (χ3n) is 7.14. The Balaban J connectivity index is 1.64. The van der Waals surface area contributed by atoms with Gasteiger partial charge in [0.2, 0.25) is 0 Å². The van der Waals surface area contributed by atoms with Crippen molar-refractivity contribution >= 4 is 56.9 Å². The van der Waals surface area contributed by atoms with Crippen molar-refractivity contribution in [1.29, 1.82) is 0 Å². The van der Waals surface area contributed by atoms with Gasteiger partial charge in [-0.15, -0.1) is 11.8 Å². The Hall–Kier alpha value is -2.80. The van der Waals surface area contributed by atoms with E-state index in [0.717, 1.165) is 30.3 Å². The lowest BCUT2D eigenvalue weighted by Gasteiger charge is -2.35. The summed E-state index contributed by atoms with van der Waals surface area (Å²) in [6.07, 6.45) is 4.71. The molecule has 6 rings (SSSR count). The Bertz CT molecular complexity index is 1590. The number of halogens is 2. The zero-order chi connectivity index (χ0) is 25.8. The summed E-state index contributed by atoms with van der Waals surface area (Å²) in [4.78, 5) is 24.9. The van der Waals surface area contributed by atoms with E-state index in [1.165, 1.54) is 23.9 Å². The second-order valence-corrected chi connectivity index (χ2v) is 11.6. The summed E-state index contributed by atoms with van der Waals surface area (Å²) in [6, 6.07) is 1.82. The molecule has 1 aromatic carbocycles. The Labute approximate surface area is 219 Å². The normalized spacial score (nSPS) is 24.1. The van der Waals surface area contributed by atoms with Gasteiger partial charge >= 0.3 is 5.69 Å². The molecule has 37 heavy (non-hydrogen) atoms. The van der Waals surface area contributed by atoms with Gasteiger partial charge in [0, 0.05) is 53.9 Å². The average molecular weight is 545 g/mol. The third-order valence-corrected chi connectivity index (χ3v) is 9.30. The van der Waals surface area contributed by atoms with Crippen LogP contribution in [-0.4, -0.2) is 59.2 Å².